The molecular formula is C17H26N2O3S. The molecule has 0 bridgehead atoms. The zero-order valence-corrected chi connectivity index (χ0v) is 14.7. The third-order valence-corrected chi connectivity index (χ3v) is 5.66. The minimum absolute atomic E-state index is 0.0575. The van der Waals surface area contributed by atoms with Crippen LogP contribution in [0.25, 0.3) is 0 Å². The monoisotopic (exact) mass is 338 g/mol. The Hall–Kier alpha value is -1.40. The van der Waals surface area contributed by atoms with E-state index in [1.807, 2.05) is 0 Å². The number of carbonyl (C=O) groups excluding carboxylic acids is 1. The average Bonchev–Trinajstić information content (AvgIpc) is 2.52. The summed E-state index contributed by atoms with van der Waals surface area (Å²) in [4.78, 5) is 12.1. The lowest BCUT2D eigenvalue weighted by molar-refractivity contribution is -0.126. The highest BCUT2D eigenvalue weighted by Gasteiger charge is 2.28. The third-order valence-electron chi connectivity index (χ3n) is 4.36. The molecule has 1 fully saturated rings. The molecule has 1 N–H and O–H groups in total. The second kappa shape index (κ2) is 7.93. The van der Waals surface area contributed by atoms with E-state index in [1.54, 1.807) is 0 Å². The minimum Gasteiger partial charge on any atom is -0.356 e. The normalized spacial score (nSPS) is 17.1. The molecule has 0 aliphatic carbocycles. The molecule has 2 rings (SSSR count). The lowest BCUT2D eigenvalue weighted by Crippen LogP contribution is -2.42. The third kappa shape index (κ3) is 5.62. The molecule has 1 aliphatic rings. The van der Waals surface area contributed by atoms with E-state index in [-0.39, 0.29) is 11.8 Å². The van der Waals surface area contributed by atoms with Gasteiger partial charge >= 0.3 is 0 Å². The molecule has 1 amide bonds. The van der Waals surface area contributed by atoms with Crippen LogP contribution in [0.1, 0.15) is 30.4 Å². The molecule has 1 aromatic rings. The molecule has 0 aromatic heterocycles. The number of hydrogen-bond donors (Lipinski definition) is 1. The number of rotatable bonds is 6. The van der Waals surface area contributed by atoms with Crippen LogP contribution in [0, 0.1) is 12.8 Å². The van der Waals surface area contributed by atoms with Crippen molar-refractivity contribution in [3.63, 3.8) is 0 Å². The Bertz CT molecular complexity index is 618. The Morgan fingerprint density at radius 3 is 2.39 bits per heavy atom. The molecule has 128 valence electrons. The summed E-state index contributed by atoms with van der Waals surface area (Å²) in [6, 6.07) is 8.45. The Balaban J connectivity index is 1.67. The van der Waals surface area contributed by atoms with Crippen molar-refractivity contribution in [3.8, 4) is 0 Å². The van der Waals surface area contributed by atoms with Crippen molar-refractivity contribution < 1.29 is 13.2 Å². The number of nitrogens with zero attached hydrogens (tertiary/aromatic N) is 1. The zero-order chi connectivity index (χ0) is 16.9. The van der Waals surface area contributed by atoms with E-state index in [4.69, 9.17) is 0 Å². The van der Waals surface area contributed by atoms with Crippen LogP contribution in [0.5, 0.6) is 0 Å². The van der Waals surface area contributed by atoms with Gasteiger partial charge in [0.05, 0.1) is 6.26 Å². The number of amides is 1. The molecule has 0 atom stereocenters. The van der Waals surface area contributed by atoms with E-state index in [0.717, 1.165) is 12.8 Å². The fraction of sp³-hybridized carbons (Fsp3) is 0.588. The van der Waals surface area contributed by atoms with Crippen molar-refractivity contribution in [1.29, 1.82) is 0 Å². The van der Waals surface area contributed by atoms with Crippen LogP contribution < -0.4 is 5.32 Å². The number of benzene rings is 1. The lowest BCUT2D eigenvalue weighted by atomic mass is 9.97. The SMILES string of the molecule is Cc1ccc(CCCNC(=O)C2CCN(S(C)(=O)=O)CC2)cc1. The van der Waals surface area contributed by atoms with Crippen LogP contribution in [0.2, 0.25) is 0 Å². The lowest BCUT2D eigenvalue weighted by Gasteiger charge is -2.29. The summed E-state index contributed by atoms with van der Waals surface area (Å²) in [6.07, 6.45) is 4.30. The van der Waals surface area contributed by atoms with Crippen LogP contribution in [0.4, 0.5) is 0 Å². The van der Waals surface area contributed by atoms with Crippen molar-refractivity contribution in [2.75, 3.05) is 25.9 Å². The van der Waals surface area contributed by atoms with Crippen LogP contribution in [-0.4, -0.2) is 44.5 Å². The van der Waals surface area contributed by atoms with Crippen molar-refractivity contribution >= 4 is 15.9 Å². The molecule has 0 unspecified atom stereocenters. The molecule has 1 aliphatic heterocycles. The molecule has 0 radical (unpaired) electrons. The van der Waals surface area contributed by atoms with Gasteiger partial charge in [-0.2, -0.15) is 0 Å². The van der Waals surface area contributed by atoms with Gasteiger partial charge in [0, 0.05) is 25.6 Å². The largest absolute Gasteiger partial charge is 0.356 e. The van der Waals surface area contributed by atoms with Crippen LogP contribution in [-0.2, 0) is 21.2 Å². The smallest absolute Gasteiger partial charge is 0.223 e. The second-order valence-electron chi connectivity index (χ2n) is 6.32. The highest BCUT2D eigenvalue weighted by Crippen LogP contribution is 2.19. The standard InChI is InChI=1S/C17H26N2O3S/c1-14-5-7-15(8-6-14)4-3-11-18-17(20)16-9-12-19(13-10-16)23(2,21)22/h5-8,16H,3-4,9-13H2,1-2H3,(H,18,20). The van der Waals surface area contributed by atoms with E-state index >= 15 is 0 Å². The number of aryl methyl sites for hydroxylation is 2. The zero-order valence-electron chi connectivity index (χ0n) is 13.9. The van der Waals surface area contributed by atoms with Gasteiger partial charge in [0.1, 0.15) is 0 Å². The first-order chi connectivity index (χ1) is 10.9. The maximum Gasteiger partial charge on any atom is 0.223 e. The van der Waals surface area contributed by atoms with E-state index in [1.165, 1.54) is 21.7 Å². The quantitative estimate of drug-likeness (QED) is 0.803. The summed E-state index contributed by atoms with van der Waals surface area (Å²) >= 11 is 0. The Morgan fingerprint density at radius 2 is 1.83 bits per heavy atom. The van der Waals surface area contributed by atoms with Gasteiger partial charge in [-0.1, -0.05) is 29.8 Å². The van der Waals surface area contributed by atoms with Gasteiger partial charge < -0.3 is 5.32 Å². The molecule has 5 nitrogen and oxygen atoms in total. The van der Waals surface area contributed by atoms with Crippen LogP contribution in [0.3, 0.4) is 0 Å². The molecular weight excluding hydrogens is 312 g/mol. The number of nitrogens with one attached hydrogen (secondary N) is 1. The van der Waals surface area contributed by atoms with Gasteiger partial charge in [-0.25, -0.2) is 12.7 Å². The minimum atomic E-state index is -3.13. The van der Waals surface area contributed by atoms with E-state index in [9.17, 15) is 13.2 Å². The number of piperidine rings is 1. The van der Waals surface area contributed by atoms with E-state index < -0.39 is 10.0 Å². The van der Waals surface area contributed by atoms with Crippen molar-refractivity contribution in [1.82, 2.24) is 9.62 Å². The summed E-state index contributed by atoms with van der Waals surface area (Å²) in [7, 11) is -3.13. The molecule has 1 heterocycles. The van der Waals surface area contributed by atoms with Gasteiger partial charge in [0.25, 0.3) is 0 Å². The summed E-state index contributed by atoms with van der Waals surface area (Å²) < 4.78 is 24.4. The van der Waals surface area contributed by atoms with Crippen LogP contribution in [0.15, 0.2) is 24.3 Å². The van der Waals surface area contributed by atoms with Crippen molar-refractivity contribution in [2.45, 2.75) is 32.6 Å². The van der Waals surface area contributed by atoms with E-state index in [2.05, 4.69) is 36.5 Å². The number of carbonyl (C=O) groups is 1. The Morgan fingerprint density at radius 1 is 1.22 bits per heavy atom. The Kier molecular flexibility index (Phi) is 6.18. The van der Waals surface area contributed by atoms with Crippen molar-refractivity contribution in [3.05, 3.63) is 35.4 Å². The summed E-state index contributed by atoms with van der Waals surface area (Å²) in [5.74, 6) is -0.00516. The van der Waals surface area contributed by atoms with Gasteiger partial charge in [0.2, 0.25) is 15.9 Å². The van der Waals surface area contributed by atoms with Crippen molar-refractivity contribution in [2.24, 2.45) is 5.92 Å². The highest BCUT2D eigenvalue weighted by atomic mass is 32.2. The Labute approximate surface area is 139 Å². The topological polar surface area (TPSA) is 66.5 Å². The summed E-state index contributed by atoms with van der Waals surface area (Å²) in [5, 5.41) is 2.98. The summed E-state index contributed by atoms with van der Waals surface area (Å²) in [5.41, 5.74) is 2.54. The predicted octanol–water partition coefficient (Wildman–Crippen LogP) is 1.72. The molecule has 23 heavy (non-hydrogen) atoms. The fourth-order valence-electron chi connectivity index (χ4n) is 2.85. The summed E-state index contributed by atoms with van der Waals surface area (Å²) in [6.45, 7) is 3.62. The van der Waals surface area contributed by atoms with Gasteiger partial charge in [-0.3, -0.25) is 4.79 Å². The fourth-order valence-corrected chi connectivity index (χ4v) is 3.73. The highest BCUT2D eigenvalue weighted by molar-refractivity contribution is 7.88. The van der Waals surface area contributed by atoms with Crippen LogP contribution >= 0.6 is 0 Å². The maximum atomic E-state index is 12.1. The number of hydrogen-bond acceptors (Lipinski definition) is 3. The predicted molar refractivity (Wildman–Crippen MR) is 91.7 cm³/mol. The average molecular weight is 338 g/mol. The van der Waals surface area contributed by atoms with Gasteiger partial charge in [-0.15, -0.1) is 0 Å². The molecule has 0 spiro atoms. The molecule has 1 saturated heterocycles. The first-order valence-corrected chi connectivity index (χ1v) is 9.99. The first kappa shape index (κ1) is 17.9. The molecule has 1 aromatic carbocycles. The van der Waals surface area contributed by atoms with E-state index in [0.29, 0.717) is 32.5 Å². The van der Waals surface area contributed by atoms with Gasteiger partial charge in [-0.05, 0) is 38.2 Å². The number of sulfonamides is 1. The maximum absolute atomic E-state index is 12.1. The van der Waals surface area contributed by atoms with Gasteiger partial charge in [0.15, 0.2) is 0 Å². The second-order valence-corrected chi connectivity index (χ2v) is 8.30. The molecule has 6 heteroatoms. The molecule has 0 saturated carbocycles. The first-order valence-electron chi connectivity index (χ1n) is 8.14.